The third-order valence-corrected chi connectivity index (χ3v) is 4.06. The van der Waals surface area contributed by atoms with Gasteiger partial charge in [-0.05, 0) is 48.6 Å². The molecule has 0 spiro atoms. The molecule has 21 heavy (non-hydrogen) atoms. The lowest BCUT2D eigenvalue weighted by Gasteiger charge is -2.14. The molecule has 0 fully saturated rings. The highest BCUT2D eigenvalue weighted by atomic mass is 16.1. The van der Waals surface area contributed by atoms with Crippen LogP contribution < -0.4 is 11.1 Å². The molecule has 0 saturated carbocycles. The van der Waals surface area contributed by atoms with Gasteiger partial charge in [-0.3, -0.25) is 4.79 Å². The summed E-state index contributed by atoms with van der Waals surface area (Å²) in [5, 5.41) is 3.16. The van der Waals surface area contributed by atoms with E-state index >= 15 is 0 Å². The van der Waals surface area contributed by atoms with Crippen LogP contribution >= 0.6 is 0 Å². The van der Waals surface area contributed by atoms with Crippen LogP contribution in [0.2, 0.25) is 0 Å². The molecule has 0 radical (unpaired) electrons. The molecule has 3 N–H and O–H groups in total. The van der Waals surface area contributed by atoms with Gasteiger partial charge >= 0.3 is 0 Å². The van der Waals surface area contributed by atoms with Gasteiger partial charge in [-0.25, -0.2) is 0 Å². The summed E-state index contributed by atoms with van der Waals surface area (Å²) < 4.78 is 0. The SMILES string of the molecule is NCCc1ccccc1C(=O)NC1Cc2ccccc2C1. The Bertz CT molecular complexity index is 626. The molecule has 1 aliphatic rings. The third-order valence-electron chi connectivity index (χ3n) is 4.06. The number of hydrogen-bond donors (Lipinski definition) is 2. The molecule has 0 aromatic heterocycles. The molecule has 0 unspecified atom stereocenters. The second kappa shape index (κ2) is 6.10. The molecule has 1 amide bonds. The van der Waals surface area contributed by atoms with Gasteiger partial charge in [0.25, 0.3) is 5.91 Å². The van der Waals surface area contributed by atoms with Crippen molar-refractivity contribution >= 4 is 5.91 Å². The van der Waals surface area contributed by atoms with E-state index in [4.69, 9.17) is 5.73 Å². The molecule has 0 saturated heterocycles. The number of fused-ring (bicyclic) bond motifs is 1. The Hall–Kier alpha value is -2.13. The maximum absolute atomic E-state index is 12.5. The van der Waals surface area contributed by atoms with E-state index in [1.54, 1.807) is 0 Å². The highest BCUT2D eigenvalue weighted by molar-refractivity contribution is 5.96. The Labute approximate surface area is 125 Å². The van der Waals surface area contributed by atoms with Crippen molar-refractivity contribution in [3.63, 3.8) is 0 Å². The molecule has 108 valence electrons. The van der Waals surface area contributed by atoms with Crippen LogP contribution in [-0.2, 0) is 19.3 Å². The first kappa shape index (κ1) is 13.8. The summed E-state index contributed by atoms with van der Waals surface area (Å²) >= 11 is 0. The smallest absolute Gasteiger partial charge is 0.251 e. The van der Waals surface area contributed by atoms with Crippen LogP contribution in [-0.4, -0.2) is 18.5 Å². The Morgan fingerprint density at radius 1 is 1.05 bits per heavy atom. The molecule has 0 aliphatic heterocycles. The van der Waals surface area contributed by atoms with Crippen LogP contribution in [0.4, 0.5) is 0 Å². The average Bonchev–Trinajstić information content (AvgIpc) is 2.90. The van der Waals surface area contributed by atoms with Crippen LogP contribution in [0.5, 0.6) is 0 Å². The number of carbonyl (C=O) groups is 1. The summed E-state index contributed by atoms with van der Waals surface area (Å²) in [7, 11) is 0. The quantitative estimate of drug-likeness (QED) is 0.901. The maximum Gasteiger partial charge on any atom is 0.251 e. The number of rotatable bonds is 4. The second-order valence-corrected chi connectivity index (χ2v) is 5.54. The number of amides is 1. The van der Waals surface area contributed by atoms with Gasteiger partial charge in [-0.2, -0.15) is 0 Å². The normalized spacial score (nSPS) is 14.0. The number of nitrogens with two attached hydrogens (primary N) is 1. The largest absolute Gasteiger partial charge is 0.349 e. The van der Waals surface area contributed by atoms with Gasteiger partial charge < -0.3 is 11.1 Å². The zero-order valence-electron chi connectivity index (χ0n) is 12.0. The summed E-state index contributed by atoms with van der Waals surface area (Å²) in [6, 6.07) is 16.3. The van der Waals surface area contributed by atoms with Crippen molar-refractivity contribution in [3.8, 4) is 0 Å². The number of nitrogens with one attached hydrogen (secondary N) is 1. The zero-order chi connectivity index (χ0) is 14.7. The minimum Gasteiger partial charge on any atom is -0.349 e. The van der Waals surface area contributed by atoms with Gasteiger partial charge in [0.15, 0.2) is 0 Å². The predicted octanol–water partition coefficient (Wildman–Crippen LogP) is 2.08. The molecular weight excluding hydrogens is 260 g/mol. The molecule has 0 bridgehead atoms. The van der Waals surface area contributed by atoms with E-state index in [1.807, 2.05) is 24.3 Å². The summed E-state index contributed by atoms with van der Waals surface area (Å²) in [5.74, 6) is 0.0110. The first-order valence-electron chi connectivity index (χ1n) is 7.43. The Morgan fingerprint density at radius 2 is 1.67 bits per heavy atom. The molecule has 3 nitrogen and oxygen atoms in total. The van der Waals surface area contributed by atoms with Crippen molar-refractivity contribution in [2.45, 2.75) is 25.3 Å². The van der Waals surface area contributed by atoms with E-state index in [9.17, 15) is 4.79 Å². The minimum atomic E-state index is 0.0110. The molecule has 3 heteroatoms. The Morgan fingerprint density at radius 3 is 2.33 bits per heavy atom. The van der Waals surface area contributed by atoms with E-state index in [0.717, 1.165) is 30.4 Å². The number of carbonyl (C=O) groups excluding carboxylic acids is 1. The summed E-state index contributed by atoms with van der Waals surface area (Å²) in [6.45, 7) is 0.555. The first-order chi connectivity index (χ1) is 10.3. The monoisotopic (exact) mass is 280 g/mol. The maximum atomic E-state index is 12.5. The fraction of sp³-hybridized carbons (Fsp3) is 0.278. The van der Waals surface area contributed by atoms with Crippen molar-refractivity contribution in [2.24, 2.45) is 5.73 Å². The third kappa shape index (κ3) is 2.98. The van der Waals surface area contributed by atoms with Crippen molar-refractivity contribution in [3.05, 3.63) is 70.8 Å². The predicted molar refractivity (Wildman–Crippen MR) is 84.3 cm³/mol. The van der Waals surface area contributed by atoms with Crippen molar-refractivity contribution in [1.82, 2.24) is 5.32 Å². The van der Waals surface area contributed by atoms with Crippen molar-refractivity contribution in [2.75, 3.05) is 6.54 Å². The van der Waals surface area contributed by atoms with Crippen LogP contribution in [0.3, 0.4) is 0 Å². The van der Waals surface area contributed by atoms with Gasteiger partial charge in [-0.15, -0.1) is 0 Å². The molecule has 3 rings (SSSR count). The van der Waals surface area contributed by atoms with Crippen LogP contribution in [0.15, 0.2) is 48.5 Å². The van der Waals surface area contributed by atoms with Gasteiger partial charge in [0.2, 0.25) is 0 Å². The minimum absolute atomic E-state index is 0.0110. The van der Waals surface area contributed by atoms with Gasteiger partial charge in [0.05, 0.1) is 0 Å². The average molecular weight is 280 g/mol. The van der Waals surface area contributed by atoms with Gasteiger partial charge in [0, 0.05) is 11.6 Å². The summed E-state index contributed by atoms with van der Waals surface area (Å²) in [6.07, 6.45) is 2.57. The highest BCUT2D eigenvalue weighted by Gasteiger charge is 2.23. The fourth-order valence-corrected chi connectivity index (χ4v) is 3.04. The van der Waals surface area contributed by atoms with Crippen molar-refractivity contribution < 1.29 is 4.79 Å². The van der Waals surface area contributed by atoms with E-state index in [2.05, 4.69) is 29.6 Å². The van der Waals surface area contributed by atoms with Crippen molar-refractivity contribution in [1.29, 1.82) is 0 Å². The number of benzene rings is 2. The lowest BCUT2D eigenvalue weighted by Crippen LogP contribution is -2.35. The van der Waals surface area contributed by atoms with Crippen LogP contribution in [0.25, 0.3) is 0 Å². The lowest BCUT2D eigenvalue weighted by atomic mass is 10.0. The van der Waals surface area contributed by atoms with E-state index in [0.29, 0.717) is 6.54 Å². The van der Waals surface area contributed by atoms with Gasteiger partial charge in [-0.1, -0.05) is 42.5 Å². The first-order valence-corrected chi connectivity index (χ1v) is 7.43. The standard InChI is InChI=1S/C18H20N2O/c19-10-9-13-5-3-4-8-17(13)18(21)20-16-11-14-6-1-2-7-15(14)12-16/h1-8,16H,9-12,19H2,(H,20,21). The molecule has 1 aliphatic carbocycles. The lowest BCUT2D eigenvalue weighted by molar-refractivity contribution is 0.0937. The van der Waals surface area contributed by atoms with Gasteiger partial charge in [0.1, 0.15) is 0 Å². The summed E-state index contributed by atoms with van der Waals surface area (Å²) in [4.78, 5) is 12.5. The van der Waals surface area contributed by atoms with E-state index in [-0.39, 0.29) is 11.9 Å². The molecule has 2 aromatic carbocycles. The van der Waals surface area contributed by atoms with E-state index in [1.165, 1.54) is 11.1 Å². The topological polar surface area (TPSA) is 55.1 Å². The fourth-order valence-electron chi connectivity index (χ4n) is 3.04. The highest BCUT2D eigenvalue weighted by Crippen LogP contribution is 2.22. The molecule has 0 atom stereocenters. The molecule has 0 heterocycles. The van der Waals surface area contributed by atoms with E-state index < -0.39 is 0 Å². The Balaban J connectivity index is 1.71. The zero-order valence-corrected chi connectivity index (χ0v) is 12.0. The molecule has 2 aromatic rings. The molecular formula is C18H20N2O. The number of hydrogen-bond acceptors (Lipinski definition) is 2. The second-order valence-electron chi connectivity index (χ2n) is 5.54. The summed E-state index contributed by atoms with van der Waals surface area (Å²) in [5.41, 5.74) is 10.1. The van der Waals surface area contributed by atoms with Crippen LogP contribution in [0.1, 0.15) is 27.0 Å². The Kier molecular flexibility index (Phi) is 4.02. The van der Waals surface area contributed by atoms with Crippen LogP contribution in [0, 0.1) is 0 Å².